The van der Waals surface area contributed by atoms with Crippen LogP contribution in [0.3, 0.4) is 0 Å². The fourth-order valence-electron chi connectivity index (χ4n) is 2.54. The van der Waals surface area contributed by atoms with E-state index in [4.69, 9.17) is 4.74 Å². The topological polar surface area (TPSA) is 78.9 Å². The number of benzene rings is 1. The maximum absolute atomic E-state index is 12.3. The van der Waals surface area contributed by atoms with Crippen LogP contribution in [-0.4, -0.2) is 54.4 Å². The monoisotopic (exact) mass is 306 g/mol. The molecular formula is C16H22N2O4. The van der Waals surface area contributed by atoms with E-state index in [0.717, 1.165) is 18.4 Å². The van der Waals surface area contributed by atoms with Gasteiger partial charge in [-0.25, -0.2) is 9.59 Å². The van der Waals surface area contributed by atoms with E-state index in [9.17, 15) is 14.7 Å². The molecule has 0 bridgehead atoms. The van der Waals surface area contributed by atoms with Crippen molar-refractivity contribution in [1.82, 2.24) is 10.2 Å². The molecule has 2 amide bonds. The highest BCUT2D eigenvalue weighted by Gasteiger charge is 2.26. The van der Waals surface area contributed by atoms with E-state index in [1.807, 2.05) is 30.3 Å². The maximum atomic E-state index is 12.3. The molecule has 1 heterocycles. The smallest absolute Gasteiger partial charge is 0.326 e. The van der Waals surface area contributed by atoms with Crippen molar-refractivity contribution in [3.05, 3.63) is 35.9 Å². The van der Waals surface area contributed by atoms with Gasteiger partial charge in [0.25, 0.3) is 0 Å². The molecule has 2 rings (SSSR count). The largest absolute Gasteiger partial charge is 0.480 e. The van der Waals surface area contributed by atoms with Crippen LogP contribution < -0.4 is 5.32 Å². The summed E-state index contributed by atoms with van der Waals surface area (Å²) in [6.45, 7) is 1.27. The first kappa shape index (κ1) is 16.3. The number of hydrogen-bond donors (Lipinski definition) is 2. The van der Waals surface area contributed by atoms with E-state index < -0.39 is 12.0 Å². The molecule has 2 N–H and O–H groups in total. The average Bonchev–Trinajstić information content (AvgIpc) is 2.55. The summed E-state index contributed by atoms with van der Waals surface area (Å²) >= 11 is 0. The maximum Gasteiger partial charge on any atom is 0.326 e. The van der Waals surface area contributed by atoms with Gasteiger partial charge in [-0.05, 0) is 18.4 Å². The van der Waals surface area contributed by atoms with Crippen LogP contribution >= 0.6 is 0 Å². The average molecular weight is 306 g/mol. The van der Waals surface area contributed by atoms with Gasteiger partial charge in [-0.2, -0.15) is 0 Å². The van der Waals surface area contributed by atoms with Gasteiger partial charge in [0, 0.05) is 32.7 Å². The molecule has 1 aliphatic rings. The van der Waals surface area contributed by atoms with Crippen LogP contribution in [0.5, 0.6) is 0 Å². The first-order valence-electron chi connectivity index (χ1n) is 7.45. The van der Waals surface area contributed by atoms with Crippen LogP contribution in [0.25, 0.3) is 0 Å². The minimum Gasteiger partial charge on any atom is -0.480 e. The van der Waals surface area contributed by atoms with Gasteiger partial charge in [0.1, 0.15) is 6.04 Å². The van der Waals surface area contributed by atoms with E-state index in [0.29, 0.717) is 13.2 Å². The normalized spacial score (nSPS) is 16.8. The lowest BCUT2D eigenvalue weighted by molar-refractivity contribution is -0.139. The number of amides is 2. The number of hydrogen-bond acceptors (Lipinski definition) is 3. The molecule has 0 radical (unpaired) electrons. The van der Waals surface area contributed by atoms with Crippen molar-refractivity contribution >= 4 is 12.0 Å². The molecule has 0 spiro atoms. The molecule has 120 valence electrons. The van der Waals surface area contributed by atoms with Crippen molar-refractivity contribution in [2.45, 2.75) is 31.3 Å². The van der Waals surface area contributed by atoms with Crippen molar-refractivity contribution in [3.63, 3.8) is 0 Å². The molecular weight excluding hydrogens is 284 g/mol. The van der Waals surface area contributed by atoms with Gasteiger partial charge in [0.2, 0.25) is 0 Å². The highest BCUT2D eigenvalue weighted by atomic mass is 16.5. The Morgan fingerprint density at radius 3 is 2.55 bits per heavy atom. The third-order valence-electron chi connectivity index (χ3n) is 3.94. The molecule has 1 saturated heterocycles. The molecule has 0 aliphatic carbocycles. The second kappa shape index (κ2) is 7.79. The second-order valence-corrected chi connectivity index (χ2v) is 5.48. The number of carboxylic acid groups (broad SMARTS) is 1. The first-order valence-corrected chi connectivity index (χ1v) is 7.45. The summed E-state index contributed by atoms with van der Waals surface area (Å²) in [6.07, 6.45) is 1.82. The van der Waals surface area contributed by atoms with E-state index in [2.05, 4.69) is 5.32 Å². The molecule has 0 saturated carbocycles. The zero-order chi connectivity index (χ0) is 15.9. The lowest BCUT2D eigenvalue weighted by Crippen LogP contribution is -2.51. The van der Waals surface area contributed by atoms with E-state index in [1.54, 1.807) is 11.9 Å². The molecule has 1 aliphatic heterocycles. The van der Waals surface area contributed by atoms with Crippen molar-refractivity contribution in [1.29, 1.82) is 0 Å². The Balaban J connectivity index is 1.95. The van der Waals surface area contributed by atoms with Crippen molar-refractivity contribution < 1.29 is 19.4 Å². The molecule has 0 aromatic heterocycles. The summed E-state index contributed by atoms with van der Waals surface area (Å²) in [5, 5.41) is 11.9. The second-order valence-electron chi connectivity index (χ2n) is 5.48. The van der Waals surface area contributed by atoms with Crippen LogP contribution in [-0.2, 0) is 16.0 Å². The molecule has 6 heteroatoms. The van der Waals surface area contributed by atoms with Gasteiger partial charge >= 0.3 is 12.0 Å². The zero-order valence-corrected chi connectivity index (χ0v) is 12.7. The Bertz CT molecular complexity index is 500. The number of rotatable bonds is 5. The molecule has 1 atom stereocenters. The van der Waals surface area contributed by atoms with Crippen LogP contribution in [0.4, 0.5) is 4.79 Å². The molecule has 6 nitrogen and oxygen atoms in total. The lowest BCUT2D eigenvalue weighted by atomic mass is 10.1. The molecule has 1 aromatic carbocycles. The number of nitrogens with one attached hydrogen (secondary N) is 1. The van der Waals surface area contributed by atoms with Gasteiger partial charge in [-0.3, -0.25) is 0 Å². The van der Waals surface area contributed by atoms with E-state index >= 15 is 0 Å². The third-order valence-corrected chi connectivity index (χ3v) is 3.94. The quantitative estimate of drug-likeness (QED) is 0.864. The Hall–Kier alpha value is -2.08. The lowest BCUT2D eigenvalue weighted by Gasteiger charge is -2.32. The molecule has 1 aromatic rings. The van der Waals surface area contributed by atoms with Crippen molar-refractivity contribution in [2.24, 2.45) is 0 Å². The number of carboxylic acids is 1. The number of nitrogens with zero attached hydrogens (tertiary/aromatic N) is 1. The van der Waals surface area contributed by atoms with Crippen molar-refractivity contribution in [2.75, 3.05) is 20.3 Å². The number of urea groups is 1. The first-order chi connectivity index (χ1) is 10.6. The SMILES string of the molecule is CN(C(=O)N[C@H](Cc1ccccc1)C(=O)O)C1CCOCC1. The van der Waals surface area contributed by atoms with Crippen molar-refractivity contribution in [3.8, 4) is 0 Å². The summed E-state index contributed by atoms with van der Waals surface area (Å²) in [4.78, 5) is 25.2. The van der Waals surface area contributed by atoms with E-state index in [1.165, 1.54) is 0 Å². The minimum absolute atomic E-state index is 0.0971. The fraction of sp³-hybridized carbons (Fsp3) is 0.500. The van der Waals surface area contributed by atoms with Gasteiger partial charge in [0.05, 0.1) is 0 Å². The summed E-state index contributed by atoms with van der Waals surface area (Å²) in [7, 11) is 1.70. The Morgan fingerprint density at radius 2 is 1.95 bits per heavy atom. The zero-order valence-electron chi connectivity index (χ0n) is 12.7. The number of aliphatic carboxylic acids is 1. The summed E-state index contributed by atoms with van der Waals surface area (Å²) in [6, 6.07) is 8.09. The van der Waals surface area contributed by atoms with Crippen LogP contribution in [0.2, 0.25) is 0 Å². The predicted octanol–water partition coefficient (Wildman–Crippen LogP) is 1.50. The summed E-state index contributed by atoms with van der Waals surface area (Å²) in [5.41, 5.74) is 0.879. The third kappa shape index (κ3) is 4.46. The van der Waals surface area contributed by atoms with Crippen LogP contribution in [0.1, 0.15) is 18.4 Å². The summed E-state index contributed by atoms with van der Waals surface area (Å²) < 4.78 is 5.28. The Labute approximate surface area is 130 Å². The van der Waals surface area contributed by atoms with Crippen LogP contribution in [0, 0.1) is 0 Å². The standard InChI is InChI=1S/C16H22N2O4/c1-18(13-7-9-22-10-8-13)16(21)17-14(15(19)20)11-12-5-3-2-4-6-12/h2-6,13-14H,7-11H2,1H3,(H,17,21)(H,19,20)/t14-/m1/s1. The fourth-order valence-corrected chi connectivity index (χ4v) is 2.54. The van der Waals surface area contributed by atoms with Gasteiger partial charge in [-0.15, -0.1) is 0 Å². The van der Waals surface area contributed by atoms with Gasteiger partial charge in [0.15, 0.2) is 0 Å². The molecule has 22 heavy (non-hydrogen) atoms. The summed E-state index contributed by atoms with van der Waals surface area (Å²) in [5.74, 6) is -1.03. The van der Waals surface area contributed by atoms with Crippen LogP contribution in [0.15, 0.2) is 30.3 Å². The van der Waals surface area contributed by atoms with Gasteiger partial charge in [-0.1, -0.05) is 30.3 Å². The molecule has 0 unspecified atom stereocenters. The number of carbonyl (C=O) groups excluding carboxylic acids is 1. The highest BCUT2D eigenvalue weighted by molar-refractivity contribution is 5.82. The minimum atomic E-state index is -1.03. The van der Waals surface area contributed by atoms with Gasteiger partial charge < -0.3 is 20.1 Å². The Kier molecular flexibility index (Phi) is 5.77. The number of ether oxygens (including phenoxy) is 1. The highest BCUT2D eigenvalue weighted by Crippen LogP contribution is 2.13. The van der Waals surface area contributed by atoms with E-state index in [-0.39, 0.29) is 18.5 Å². The number of carbonyl (C=O) groups is 2. The Morgan fingerprint density at radius 1 is 1.32 bits per heavy atom. The predicted molar refractivity (Wildman–Crippen MR) is 81.7 cm³/mol. The molecule has 1 fully saturated rings.